The average molecular weight is 348 g/mol. The molecule has 0 radical (unpaired) electrons. The predicted molar refractivity (Wildman–Crippen MR) is 94.7 cm³/mol. The highest BCUT2D eigenvalue weighted by molar-refractivity contribution is 5.78. The van der Waals surface area contributed by atoms with Gasteiger partial charge in [0, 0.05) is 51.1 Å². The summed E-state index contributed by atoms with van der Waals surface area (Å²) in [6.45, 7) is 7.28. The number of anilines is 1. The van der Waals surface area contributed by atoms with E-state index in [0.29, 0.717) is 25.5 Å². The molecule has 7 nitrogen and oxygen atoms in total. The van der Waals surface area contributed by atoms with E-state index in [2.05, 4.69) is 22.9 Å². The van der Waals surface area contributed by atoms with E-state index in [4.69, 9.17) is 14.5 Å². The molecule has 0 spiro atoms. The molecule has 2 aliphatic heterocycles. The lowest BCUT2D eigenvalue weighted by atomic mass is 10.0. The largest absolute Gasteiger partial charge is 0.383 e. The number of ether oxygens (including phenoxy) is 2. The van der Waals surface area contributed by atoms with Gasteiger partial charge in [-0.25, -0.2) is 9.97 Å². The minimum atomic E-state index is 0.222. The Morgan fingerprint density at radius 2 is 2.04 bits per heavy atom. The first-order valence-electron chi connectivity index (χ1n) is 9.15. The summed E-state index contributed by atoms with van der Waals surface area (Å²) in [7, 11) is 1.67. The Labute approximate surface area is 149 Å². The third-order valence-electron chi connectivity index (χ3n) is 4.83. The Morgan fingerprint density at radius 1 is 1.28 bits per heavy atom. The highest BCUT2D eigenvalue weighted by Gasteiger charge is 2.29. The van der Waals surface area contributed by atoms with Gasteiger partial charge in [-0.15, -0.1) is 0 Å². The fourth-order valence-electron chi connectivity index (χ4n) is 3.43. The van der Waals surface area contributed by atoms with Gasteiger partial charge in [-0.2, -0.15) is 0 Å². The first kappa shape index (κ1) is 18.1. The molecule has 0 aliphatic carbocycles. The average Bonchev–Trinajstić information content (AvgIpc) is 2.99. The van der Waals surface area contributed by atoms with Crippen LogP contribution in [0.1, 0.15) is 24.7 Å². The van der Waals surface area contributed by atoms with Crippen LogP contribution in [0, 0.1) is 5.92 Å². The van der Waals surface area contributed by atoms with Crippen molar-refractivity contribution in [1.82, 2.24) is 14.9 Å². The number of morpholine rings is 1. The molecule has 0 unspecified atom stereocenters. The van der Waals surface area contributed by atoms with Gasteiger partial charge in [0.05, 0.1) is 19.8 Å². The molecule has 2 fully saturated rings. The topological polar surface area (TPSA) is 67.8 Å². The Hall–Kier alpha value is -1.73. The zero-order valence-corrected chi connectivity index (χ0v) is 15.2. The molecule has 1 aromatic heterocycles. The normalized spacial score (nSPS) is 21.2. The van der Waals surface area contributed by atoms with Gasteiger partial charge < -0.3 is 19.3 Å². The molecule has 0 bridgehead atoms. The van der Waals surface area contributed by atoms with E-state index >= 15 is 0 Å². The van der Waals surface area contributed by atoms with Crippen LogP contribution in [-0.4, -0.2) is 73.9 Å². The number of rotatable bonds is 7. The maximum absolute atomic E-state index is 12.1. The van der Waals surface area contributed by atoms with Crippen molar-refractivity contribution in [3.05, 3.63) is 17.5 Å². The Balaban J connectivity index is 1.68. The number of aryl methyl sites for hydroxylation is 1. The molecule has 7 heteroatoms. The smallest absolute Gasteiger partial charge is 0.225 e. The number of nitrogens with zero attached hydrogens (tertiary/aromatic N) is 4. The SMILES string of the molecule is CCc1cc(C[C@H]2CC(=O)N(CCOC)C2)nc(N2CCOCC2)n1. The van der Waals surface area contributed by atoms with E-state index in [1.54, 1.807) is 7.11 Å². The molecule has 1 aromatic rings. The number of hydrogen-bond acceptors (Lipinski definition) is 6. The molecule has 0 saturated carbocycles. The number of likely N-dealkylation sites (tertiary alicyclic amines) is 1. The lowest BCUT2D eigenvalue weighted by molar-refractivity contribution is -0.128. The molecule has 1 amide bonds. The summed E-state index contributed by atoms with van der Waals surface area (Å²) in [6, 6.07) is 2.09. The fourth-order valence-corrected chi connectivity index (χ4v) is 3.43. The van der Waals surface area contributed by atoms with E-state index in [9.17, 15) is 4.79 Å². The number of methoxy groups -OCH3 is 1. The molecular formula is C18H28N4O3. The van der Waals surface area contributed by atoms with Crippen LogP contribution >= 0.6 is 0 Å². The van der Waals surface area contributed by atoms with Gasteiger partial charge in [0.15, 0.2) is 0 Å². The monoisotopic (exact) mass is 348 g/mol. The quantitative estimate of drug-likeness (QED) is 0.730. The van der Waals surface area contributed by atoms with Crippen LogP contribution in [0.5, 0.6) is 0 Å². The molecule has 3 heterocycles. The van der Waals surface area contributed by atoms with E-state index < -0.39 is 0 Å². The Bertz CT molecular complexity index is 590. The van der Waals surface area contributed by atoms with Gasteiger partial charge in [-0.3, -0.25) is 4.79 Å². The fraction of sp³-hybridized carbons (Fsp3) is 0.722. The summed E-state index contributed by atoms with van der Waals surface area (Å²) in [5.74, 6) is 1.35. The Morgan fingerprint density at radius 3 is 2.76 bits per heavy atom. The molecule has 3 rings (SSSR count). The summed E-state index contributed by atoms with van der Waals surface area (Å²) in [6.07, 6.45) is 2.31. The number of aromatic nitrogens is 2. The minimum absolute atomic E-state index is 0.222. The lowest BCUT2D eigenvalue weighted by Gasteiger charge is -2.27. The van der Waals surface area contributed by atoms with Crippen molar-refractivity contribution < 1.29 is 14.3 Å². The third-order valence-corrected chi connectivity index (χ3v) is 4.83. The van der Waals surface area contributed by atoms with Crippen LogP contribution in [0.25, 0.3) is 0 Å². The van der Waals surface area contributed by atoms with Gasteiger partial charge in [0.25, 0.3) is 0 Å². The van der Waals surface area contributed by atoms with Crippen molar-refractivity contribution >= 4 is 11.9 Å². The summed E-state index contributed by atoms with van der Waals surface area (Å²) < 4.78 is 10.5. The zero-order chi connectivity index (χ0) is 17.6. The second kappa shape index (κ2) is 8.58. The van der Waals surface area contributed by atoms with Crippen molar-refractivity contribution in [1.29, 1.82) is 0 Å². The van der Waals surface area contributed by atoms with Crippen LogP contribution < -0.4 is 4.90 Å². The van der Waals surface area contributed by atoms with Gasteiger partial charge in [0.2, 0.25) is 11.9 Å². The molecule has 138 valence electrons. The molecule has 0 N–H and O–H groups in total. The van der Waals surface area contributed by atoms with Gasteiger partial charge in [0.1, 0.15) is 0 Å². The maximum atomic E-state index is 12.1. The summed E-state index contributed by atoms with van der Waals surface area (Å²) in [5.41, 5.74) is 2.10. The molecule has 2 saturated heterocycles. The lowest BCUT2D eigenvalue weighted by Crippen LogP contribution is -2.37. The van der Waals surface area contributed by atoms with E-state index in [1.165, 1.54) is 0 Å². The third kappa shape index (κ3) is 4.67. The highest BCUT2D eigenvalue weighted by atomic mass is 16.5. The second-order valence-corrected chi connectivity index (χ2v) is 6.71. The minimum Gasteiger partial charge on any atom is -0.383 e. The van der Waals surface area contributed by atoms with Gasteiger partial charge in [-0.1, -0.05) is 6.92 Å². The van der Waals surface area contributed by atoms with Crippen molar-refractivity contribution in [2.45, 2.75) is 26.2 Å². The van der Waals surface area contributed by atoms with Crippen LogP contribution in [0.2, 0.25) is 0 Å². The number of carbonyl (C=O) groups is 1. The second-order valence-electron chi connectivity index (χ2n) is 6.71. The highest BCUT2D eigenvalue weighted by Crippen LogP contribution is 2.23. The predicted octanol–water partition coefficient (Wildman–Crippen LogP) is 0.913. The first-order chi connectivity index (χ1) is 12.2. The molecule has 2 aliphatic rings. The molecule has 0 aromatic carbocycles. The van der Waals surface area contributed by atoms with E-state index in [1.807, 2.05) is 4.90 Å². The van der Waals surface area contributed by atoms with Crippen LogP contribution in [0.3, 0.4) is 0 Å². The summed E-state index contributed by atoms with van der Waals surface area (Å²) >= 11 is 0. The molecular weight excluding hydrogens is 320 g/mol. The zero-order valence-electron chi connectivity index (χ0n) is 15.2. The van der Waals surface area contributed by atoms with E-state index in [0.717, 1.165) is 63.0 Å². The van der Waals surface area contributed by atoms with Crippen molar-refractivity contribution in [2.75, 3.05) is 58.0 Å². The summed E-state index contributed by atoms with van der Waals surface area (Å²) in [5, 5.41) is 0. The maximum Gasteiger partial charge on any atom is 0.225 e. The van der Waals surface area contributed by atoms with Crippen molar-refractivity contribution in [3.8, 4) is 0 Å². The van der Waals surface area contributed by atoms with Crippen LogP contribution in [-0.2, 0) is 27.1 Å². The standard InChI is InChI=1S/C18H28N4O3/c1-3-15-12-16(20-18(19-15)21-5-8-25-9-6-21)10-14-11-17(23)22(13-14)4-7-24-2/h12,14H,3-11,13H2,1-2H3/t14-/m0/s1. The van der Waals surface area contributed by atoms with Gasteiger partial charge in [-0.05, 0) is 24.8 Å². The number of carbonyl (C=O) groups excluding carboxylic acids is 1. The van der Waals surface area contributed by atoms with Crippen LogP contribution in [0.4, 0.5) is 5.95 Å². The molecule has 1 atom stereocenters. The number of hydrogen-bond donors (Lipinski definition) is 0. The van der Waals surface area contributed by atoms with Crippen molar-refractivity contribution in [2.24, 2.45) is 5.92 Å². The van der Waals surface area contributed by atoms with Gasteiger partial charge >= 0.3 is 0 Å². The van der Waals surface area contributed by atoms with E-state index in [-0.39, 0.29) is 5.91 Å². The number of amides is 1. The molecule has 25 heavy (non-hydrogen) atoms. The Kier molecular flexibility index (Phi) is 6.20. The summed E-state index contributed by atoms with van der Waals surface area (Å²) in [4.78, 5) is 25.7. The van der Waals surface area contributed by atoms with Crippen LogP contribution in [0.15, 0.2) is 6.07 Å². The first-order valence-corrected chi connectivity index (χ1v) is 9.15. The van der Waals surface area contributed by atoms with Crippen molar-refractivity contribution in [3.63, 3.8) is 0 Å².